The number of halogens is 1. The van der Waals surface area contributed by atoms with E-state index in [9.17, 15) is 0 Å². The highest BCUT2D eigenvalue weighted by atomic mass is 35.5. The van der Waals surface area contributed by atoms with Crippen molar-refractivity contribution in [3.63, 3.8) is 0 Å². The van der Waals surface area contributed by atoms with Crippen LogP contribution in [-0.4, -0.2) is 16.5 Å². The van der Waals surface area contributed by atoms with Crippen LogP contribution in [0, 0.1) is 11.3 Å². The molecule has 1 heterocycles. The topological polar surface area (TPSA) is 64.5 Å². The molecule has 0 atom stereocenters. The third-order valence-electron chi connectivity index (χ3n) is 2.56. The van der Waals surface area contributed by atoms with Gasteiger partial charge in [0, 0.05) is 30.4 Å². The Hall–Kier alpha value is -1.99. The smallest absolute Gasteiger partial charge is 0.106 e. The molecule has 0 unspecified atom stereocenters. The van der Waals surface area contributed by atoms with Crippen LogP contribution >= 0.6 is 11.6 Å². The average molecular weight is 261 g/mol. The van der Waals surface area contributed by atoms with Crippen molar-refractivity contribution >= 4 is 17.3 Å². The Bertz CT molecular complexity index is 543. The van der Waals surface area contributed by atoms with Crippen molar-refractivity contribution in [3.05, 3.63) is 47.0 Å². The summed E-state index contributed by atoms with van der Waals surface area (Å²) < 4.78 is 0. The van der Waals surface area contributed by atoms with Crippen LogP contribution in [0.3, 0.4) is 0 Å². The predicted molar refractivity (Wildman–Crippen MR) is 71.6 cm³/mol. The standard InChI is InChI=1S/C13H13ClN4/c14-11-4-3-10(9-15)12(8-11)16-5-1-2-13-17-6-7-18-13/h3-4,6-8,16H,1-2,5H2,(H,17,18). The second-order valence-corrected chi connectivity index (χ2v) is 4.30. The van der Waals surface area contributed by atoms with Gasteiger partial charge in [0.2, 0.25) is 0 Å². The molecule has 0 aliphatic heterocycles. The molecule has 0 spiro atoms. The number of anilines is 1. The lowest BCUT2D eigenvalue weighted by atomic mass is 10.2. The first kappa shape index (κ1) is 12.5. The highest BCUT2D eigenvalue weighted by Crippen LogP contribution is 2.20. The van der Waals surface area contributed by atoms with Crippen molar-refractivity contribution in [1.29, 1.82) is 5.26 Å². The molecule has 0 aliphatic rings. The van der Waals surface area contributed by atoms with Crippen molar-refractivity contribution in [2.75, 3.05) is 11.9 Å². The molecule has 0 amide bonds. The summed E-state index contributed by atoms with van der Waals surface area (Å²) >= 11 is 5.90. The summed E-state index contributed by atoms with van der Waals surface area (Å²) in [4.78, 5) is 7.21. The van der Waals surface area contributed by atoms with E-state index in [1.165, 1.54) is 0 Å². The summed E-state index contributed by atoms with van der Waals surface area (Å²) in [5, 5.41) is 12.8. The number of imidazole rings is 1. The van der Waals surface area contributed by atoms with Gasteiger partial charge in [0.05, 0.1) is 11.3 Å². The molecule has 4 nitrogen and oxygen atoms in total. The maximum absolute atomic E-state index is 8.97. The third kappa shape index (κ3) is 3.25. The minimum atomic E-state index is 0.609. The van der Waals surface area contributed by atoms with E-state index >= 15 is 0 Å². The molecular weight excluding hydrogens is 248 g/mol. The number of H-pyrrole nitrogens is 1. The minimum absolute atomic E-state index is 0.609. The molecule has 2 aromatic rings. The van der Waals surface area contributed by atoms with Gasteiger partial charge < -0.3 is 10.3 Å². The lowest BCUT2D eigenvalue weighted by Gasteiger charge is -2.07. The molecule has 92 valence electrons. The molecule has 18 heavy (non-hydrogen) atoms. The van der Waals surface area contributed by atoms with Crippen LogP contribution in [-0.2, 0) is 6.42 Å². The lowest BCUT2D eigenvalue weighted by Crippen LogP contribution is -2.05. The summed E-state index contributed by atoms with van der Waals surface area (Å²) in [5.41, 5.74) is 1.39. The molecule has 0 aliphatic carbocycles. The molecule has 0 saturated heterocycles. The largest absolute Gasteiger partial charge is 0.384 e. The van der Waals surface area contributed by atoms with Crippen LogP contribution in [0.5, 0.6) is 0 Å². The second-order valence-electron chi connectivity index (χ2n) is 3.87. The van der Waals surface area contributed by atoms with Crippen LogP contribution in [0.15, 0.2) is 30.6 Å². The molecule has 2 rings (SSSR count). The first-order valence-electron chi connectivity index (χ1n) is 5.71. The zero-order valence-electron chi connectivity index (χ0n) is 9.78. The van der Waals surface area contributed by atoms with E-state index in [1.807, 2.05) is 6.20 Å². The zero-order chi connectivity index (χ0) is 12.8. The number of nitrogens with one attached hydrogen (secondary N) is 2. The van der Waals surface area contributed by atoms with Gasteiger partial charge in [0.1, 0.15) is 11.9 Å². The first-order valence-corrected chi connectivity index (χ1v) is 6.09. The minimum Gasteiger partial charge on any atom is -0.384 e. The van der Waals surface area contributed by atoms with Crippen LogP contribution < -0.4 is 5.32 Å². The number of aromatic nitrogens is 2. The number of nitrogens with zero attached hydrogens (tertiary/aromatic N) is 2. The number of nitriles is 1. The van der Waals surface area contributed by atoms with E-state index in [1.54, 1.807) is 24.4 Å². The summed E-state index contributed by atoms with van der Waals surface area (Å²) in [6.45, 7) is 0.774. The Morgan fingerprint density at radius 2 is 2.33 bits per heavy atom. The van der Waals surface area contributed by atoms with Gasteiger partial charge in [-0.2, -0.15) is 5.26 Å². The molecule has 0 saturated carbocycles. The number of rotatable bonds is 5. The van der Waals surface area contributed by atoms with Crippen LogP contribution in [0.2, 0.25) is 5.02 Å². The van der Waals surface area contributed by atoms with Gasteiger partial charge in [0.15, 0.2) is 0 Å². The molecule has 1 aromatic carbocycles. The van der Waals surface area contributed by atoms with E-state index < -0.39 is 0 Å². The SMILES string of the molecule is N#Cc1ccc(Cl)cc1NCCCc1ncc[nH]1. The first-order chi connectivity index (χ1) is 8.79. The second kappa shape index (κ2) is 6.08. The van der Waals surface area contributed by atoms with E-state index in [0.29, 0.717) is 10.6 Å². The Morgan fingerprint density at radius 3 is 3.06 bits per heavy atom. The lowest BCUT2D eigenvalue weighted by molar-refractivity contribution is 0.816. The Kier molecular flexibility index (Phi) is 4.21. The summed E-state index contributed by atoms with van der Waals surface area (Å²) in [6, 6.07) is 7.34. The summed E-state index contributed by atoms with van der Waals surface area (Å²) in [7, 11) is 0. The van der Waals surface area contributed by atoms with Crippen LogP contribution in [0.4, 0.5) is 5.69 Å². The quantitative estimate of drug-likeness (QED) is 0.813. The van der Waals surface area contributed by atoms with E-state index in [0.717, 1.165) is 30.9 Å². The number of aromatic amines is 1. The normalized spacial score (nSPS) is 10.0. The maximum atomic E-state index is 8.97. The number of aryl methyl sites for hydroxylation is 1. The van der Waals surface area contributed by atoms with Gasteiger partial charge in [-0.25, -0.2) is 4.98 Å². The van der Waals surface area contributed by atoms with Gasteiger partial charge >= 0.3 is 0 Å². The van der Waals surface area contributed by atoms with Crippen LogP contribution in [0.25, 0.3) is 0 Å². The van der Waals surface area contributed by atoms with Crippen molar-refractivity contribution in [3.8, 4) is 6.07 Å². The molecule has 0 bridgehead atoms. The van der Waals surface area contributed by atoms with E-state index in [-0.39, 0.29) is 0 Å². The zero-order valence-corrected chi connectivity index (χ0v) is 10.5. The monoisotopic (exact) mass is 260 g/mol. The van der Waals surface area contributed by atoms with Crippen molar-refractivity contribution < 1.29 is 0 Å². The number of hydrogen-bond acceptors (Lipinski definition) is 3. The van der Waals surface area contributed by atoms with Gasteiger partial charge in [-0.1, -0.05) is 11.6 Å². The fourth-order valence-corrected chi connectivity index (χ4v) is 1.85. The molecule has 5 heteroatoms. The predicted octanol–water partition coefficient (Wildman–Crippen LogP) is 2.98. The number of hydrogen-bond donors (Lipinski definition) is 2. The van der Waals surface area contributed by atoms with Crippen molar-refractivity contribution in [2.45, 2.75) is 12.8 Å². The van der Waals surface area contributed by atoms with E-state index in [4.69, 9.17) is 16.9 Å². The average Bonchev–Trinajstić information content (AvgIpc) is 2.88. The van der Waals surface area contributed by atoms with Crippen molar-refractivity contribution in [1.82, 2.24) is 9.97 Å². The Labute approximate surface area is 111 Å². The summed E-state index contributed by atoms with van der Waals surface area (Å²) in [6.07, 6.45) is 5.37. The molecule has 1 aromatic heterocycles. The third-order valence-corrected chi connectivity index (χ3v) is 2.80. The van der Waals surface area contributed by atoms with Crippen LogP contribution in [0.1, 0.15) is 17.8 Å². The molecule has 0 radical (unpaired) electrons. The summed E-state index contributed by atoms with van der Waals surface area (Å²) in [5.74, 6) is 0.975. The van der Waals surface area contributed by atoms with Gasteiger partial charge in [-0.15, -0.1) is 0 Å². The highest BCUT2D eigenvalue weighted by Gasteiger charge is 2.02. The van der Waals surface area contributed by atoms with Gasteiger partial charge in [0.25, 0.3) is 0 Å². The Balaban J connectivity index is 1.86. The maximum Gasteiger partial charge on any atom is 0.106 e. The molecule has 0 fully saturated rings. The Morgan fingerprint density at radius 1 is 1.44 bits per heavy atom. The van der Waals surface area contributed by atoms with Crippen molar-refractivity contribution in [2.24, 2.45) is 0 Å². The fraction of sp³-hybridized carbons (Fsp3) is 0.231. The van der Waals surface area contributed by atoms with Gasteiger partial charge in [-0.05, 0) is 24.6 Å². The molecular formula is C13H13ClN4. The van der Waals surface area contributed by atoms with E-state index in [2.05, 4.69) is 21.4 Å². The highest BCUT2D eigenvalue weighted by molar-refractivity contribution is 6.30. The van der Waals surface area contributed by atoms with Gasteiger partial charge in [-0.3, -0.25) is 0 Å². The molecule has 2 N–H and O–H groups in total. The fourth-order valence-electron chi connectivity index (χ4n) is 1.67. The number of benzene rings is 1.